The number of hydrogen-bond donors (Lipinski definition) is 1. The van der Waals surface area contributed by atoms with Crippen molar-refractivity contribution < 1.29 is 9.53 Å². The van der Waals surface area contributed by atoms with Crippen molar-refractivity contribution in [3.63, 3.8) is 0 Å². The average molecular weight is 485 g/mol. The predicted molar refractivity (Wildman–Crippen MR) is 144 cm³/mol. The Kier molecular flexibility index (Phi) is 6.34. The maximum Gasteiger partial charge on any atom is 0.283 e. The third kappa shape index (κ3) is 4.44. The van der Waals surface area contributed by atoms with E-state index in [1.807, 2.05) is 49.7 Å². The van der Waals surface area contributed by atoms with E-state index in [9.17, 15) is 4.79 Å². The van der Waals surface area contributed by atoms with Gasteiger partial charge in [-0.15, -0.1) is 0 Å². The first-order chi connectivity index (χ1) is 17.0. The molecule has 0 radical (unpaired) electrons. The summed E-state index contributed by atoms with van der Waals surface area (Å²) in [6.45, 7) is 7.54. The number of nitrogens with one attached hydrogen (secondary N) is 1. The van der Waals surface area contributed by atoms with Crippen LogP contribution in [0.3, 0.4) is 0 Å². The Morgan fingerprint density at radius 2 is 1.94 bits per heavy atom. The molecule has 0 saturated heterocycles. The Morgan fingerprint density at radius 1 is 1.17 bits per heavy atom. The fourth-order valence-electron chi connectivity index (χ4n) is 4.43. The van der Waals surface area contributed by atoms with E-state index in [0.717, 1.165) is 33.5 Å². The van der Waals surface area contributed by atoms with Gasteiger partial charge in [-0.1, -0.05) is 62.0 Å². The molecular formula is C28H28N4O2S. The fraction of sp³-hybridized carbons (Fsp3) is 0.250. The summed E-state index contributed by atoms with van der Waals surface area (Å²) in [5.74, 6) is 1.16. The molecule has 0 saturated carbocycles. The molecule has 0 aliphatic carbocycles. The van der Waals surface area contributed by atoms with Crippen LogP contribution >= 0.6 is 11.8 Å². The van der Waals surface area contributed by atoms with Crippen LogP contribution in [0.5, 0.6) is 5.75 Å². The van der Waals surface area contributed by atoms with Crippen molar-refractivity contribution in [2.75, 3.05) is 6.61 Å². The van der Waals surface area contributed by atoms with Crippen molar-refractivity contribution in [3.8, 4) is 5.75 Å². The highest BCUT2D eigenvalue weighted by atomic mass is 32.2. The van der Waals surface area contributed by atoms with Gasteiger partial charge in [-0.05, 0) is 43.0 Å². The van der Waals surface area contributed by atoms with Gasteiger partial charge in [-0.2, -0.15) is 4.99 Å². The molecule has 2 aliphatic rings. The largest absolute Gasteiger partial charge is 0.491 e. The number of fused-ring (bicyclic) bond motifs is 2. The lowest BCUT2D eigenvalue weighted by Crippen LogP contribution is -2.35. The number of ether oxygens (including phenoxy) is 1. The van der Waals surface area contributed by atoms with Gasteiger partial charge in [0.15, 0.2) is 5.17 Å². The highest BCUT2D eigenvalue weighted by molar-refractivity contribution is 8.17. The van der Waals surface area contributed by atoms with E-state index in [4.69, 9.17) is 10.1 Å². The van der Waals surface area contributed by atoms with Crippen molar-refractivity contribution in [2.45, 2.75) is 39.7 Å². The summed E-state index contributed by atoms with van der Waals surface area (Å²) in [5, 5.41) is 10.2. The average Bonchev–Trinajstić information content (AvgIpc) is 3.41. The van der Waals surface area contributed by atoms with Crippen LogP contribution in [0.2, 0.25) is 0 Å². The Morgan fingerprint density at radius 3 is 2.77 bits per heavy atom. The van der Waals surface area contributed by atoms with E-state index in [-0.39, 0.29) is 11.7 Å². The molecule has 5 rings (SSSR count). The van der Waals surface area contributed by atoms with Crippen LogP contribution in [0.25, 0.3) is 17.0 Å². The highest BCUT2D eigenvalue weighted by Gasteiger charge is 2.33. The lowest BCUT2D eigenvalue weighted by Gasteiger charge is -2.22. The Labute approximate surface area is 209 Å². The fourth-order valence-corrected chi connectivity index (χ4v) is 5.24. The molecule has 6 nitrogen and oxygen atoms in total. The van der Waals surface area contributed by atoms with Gasteiger partial charge < -0.3 is 9.30 Å². The monoisotopic (exact) mass is 484 g/mol. The van der Waals surface area contributed by atoms with Crippen molar-refractivity contribution in [3.05, 3.63) is 82.5 Å². The number of rotatable bonds is 7. The second-order valence-corrected chi connectivity index (χ2v) is 10.0. The van der Waals surface area contributed by atoms with Gasteiger partial charge in [-0.3, -0.25) is 15.1 Å². The molecule has 0 spiro atoms. The first kappa shape index (κ1) is 23.2. The molecule has 2 aliphatic heterocycles. The van der Waals surface area contributed by atoms with Crippen molar-refractivity contribution >= 4 is 45.7 Å². The molecule has 0 bridgehead atoms. The van der Waals surface area contributed by atoms with Crippen LogP contribution in [0, 0.1) is 5.41 Å². The normalized spacial score (nSPS) is 17.6. The van der Waals surface area contributed by atoms with E-state index in [0.29, 0.717) is 29.8 Å². The smallest absolute Gasteiger partial charge is 0.283 e. The van der Waals surface area contributed by atoms with Crippen molar-refractivity contribution in [2.24, 2.45) is 4.99 Å². The third-order valence-corrected chi connectivity index (χ3v) is 7.36. The molecule has 1 amide bonds. The number of amides is 1. The van der Waals surface area contributed by atoms with Gasteiger partial charge in [0.05, 0.1) is 12.1 Å². The lowest BCUT2D eigenvalue weighted by atomic mass is 9.98. The first-order valence-corrected chi connectivity index (χ1v) is 12.7. The minimum Gasteiger partial charge on any atom is -0.491 e. The van der Waals surface area contributed by atoms with Crippen LogP contribution < -0.4 is 4.74 Å². The summed E-state index contributed by atoms with van der Waals surface area (Å²) < 4.78 is 8.35. The number of benzene rings is 2. The highest BCUT2D eigenvalue weighted by Crippen LogP contribution is 2.33. The molecule has 7 heteroatoms. The molecule has 0 unspecified atom stereocenters. The summed E-state index contributed by atoms with van der Waals surface area (Å²) in [7, 11) is 0. The zero-order valence-electron chi connectivity index (χ0n) is 20.1. The molecule has 3 heterocycles. The number of carbonyl (C=O) groups is 1. The van der Waals surface area contributed by atoms with E-state index in [2.05, 4.69) is 41.6 Å². The van der Waals surface area contributed by atoms with Crippen LogP contribution in [0.4, 0.5) is 0 Å². The molecule has 178 valence electrons. The van der Waals surface area contributed by atoms with Gasteiger partial charge >= 0.3 is 0 Å². The van der Waals surface area contributed by atoms with Crippen molar-refractivity contribution in [1.82, 2.24) is 9.47 Å². The Balaban J connectivity index is 1.41. The number of amidine groups is 2. The van der Waals surface area contributed by atoms with Gasteiger partial charge in [0.1, 0.15) is 18.2 Å². The number of aromatic nitrogens is 1. The van der Waals surface area contributed by atoms with E-state index in [1.165, 1.54) is 17.3 Å². The van der Waals surface area contributed by atoms with Gasteiger partial charge in [0.2, 0.25) is 0 Å². The van der Waals surface area contributed by atoms with E-state index < -0.39 is 0 Å². The maximum atomic E-state index is 12.8. The predicted octanol–water partition coefficient (Wildman–Crippen LogP) is 6.40. The van der Waals surface area contributed by atoms with Crippen LogP contribution in [0.15, 0.2) is 76.4 Å². The number of thioether (sulfide) groups is 1. The quantitative estimate of drug-likeness (QED) is 0.394. The van der Waals surface area contributed by atoms with Crippen LogP contribution in [-0.4, -0.2) is 33.0 Å². The summed E-state index contributed by atoms with van der Waals surface area (Å²) in [4.78, 5) is 19.6. The molecule has 1 atom stereocenters. The molecule has 3 aromatic rings. The second-order valence-electron chi connectivity index (χ2n) is 8.81. The number of hydrogen-bond acceptors (Lipinski definition) is 4. The van der Waals surface area contributed by atoms with Crippen molar-refractivity contribution in [1.29, 1.82) is 5.41 Å². The number of nitrogens with zero attached hydrogens (tertiary/aromatic N) is 3. The summed E-state index contributed by atoms with van der Waals surface area (Å²) in [6, 6.07) is 16.3. The number of para-hydroxylation sites is 2. The summed E-state index contributed by atoms with van der Waals surface area (Å²) >= 11 is 1.41. The van der Waals surface area contributed by atoms with E-state index >= 15 is 0 Å². The zero-order chi connectivity index (χ0) is 24.5. The zero-order valence-corrected chi connectivity index (χ0v) is 20.9. The number of carbonyl (C=O) groups excluding carboxylic acids is 1. The second kappa shape index (κ2) is 9.58. The molecule has 1 aromatic heterocycles. The molecule has 35 heavy (non-hydrogen) atoms. The molecule has 0 fully saturated rings. The van der Waals surface area contributed by atoms with Crippen LogP contribution in [0.1, 0.15) is 44.2 Å². The standard InChI is InChI=1S/C28H28N4O2S/c1-4-18(2)21-9-6-8-12-25(21)34-14-13-31-17-20(22-10-5-7-11-24(22)31)15-23-26(29)32-16-19(3)35-28(32)30-27(23)33/h5-12,15-18,29H,4,13-14H2,1-3H3/b23-15-,29-26?/t18-/m1/s1. The topological polar surface area (TPSA) is 70.7 Å². The van der Waals surface area contributed by atoms with Gasteiger partial charge in [0.25, 0.3) is 5.91 Å². The molecular weight excluding hydrogens is 456 g/mol. The molecule has 1 N–H and O–H groups in total. The first-order valence-electron chi connectivity index (χ1n) is 11.8. The maximum absolute atomic E-state index is 12.8. The Hall–Kier alpha value is -3.58. The number of aliphatic imine (C=N–C) groups is 1. The van der Waals surface area contributed by atoms with Crippen LogP contribution in [-0.2, 0) is 11.3 Å². The third-order valence-electron chi connectivity index (χ3n) is 6.46. The molecule has 2 aromatic carbocycles. The summed E-state index contributed by atoms with van der Waals surface area (Å²) in [5.41, 5.74) is 3.47. The lowest BCUT2D eigenvalue weighted by molar-refractivity contribution is -0.114. The van der Waals surface area contributed by atoms with Gasteiger partial charge in [-0.25, -0.2) is 0 Å². The minimum atomic E-state index is -0.376. The minimum absolute atomic E-state index is 0.158. The van der Waals surface area contributed by atoms with E-state index in [1.54, 1.807) is 11.0 Å². The Bertz CT molecular complexity index is 1420. The summed E-state index contributed by atoms with van der Waals surface area (Å²) in [6.07, 6.45) is 6.73. The van der Waals surface area contributed by atoms with Gasteiger partial charge in [0, 0.05) is 33.8 Å². The number of allylic oxidation sites excluding steroid dienone is 1. The SMILES string of the molecule is CC[C@@H](C)c1ccccc1OCCn1cc(/C=C2/C(=N)N3C=C(C)SC3=NC2=O)c2ccccc21.